The van der Waals surface area contributed by atoms with Crippen molar-refractivity contribution >= 4 is 40.5 Å². The van der Waals surface area contributed by atoms with Gasteiger partial charge in [0.25, 0.3) is 11.8 Å². The zero-order valence-corrected chi connectivity index (χ0v) is 33.6. The number of guanidine groups is 1. The van der Waals surface area contributed by atoms with Crippen LogP contribution >= 0.6 is 0 Å². The molecule has 0 aromatic heterocycles. The lowest BCUT2D eigenvalue weighted by atomic mass is 9.98. The van der Waals surface area contributed by atoms with Crippen LogP contribution in [0.2, 0.25) is 0 Å². The third-order valence-corrected chi connectivity index (χ3v) is 10.1. The number of carbonyl (C=O) groups is 2. The maximum Gasteiger partial charge on any atom is 0.255 e. The molecular weight excluding hydrogens is 675 g/mol. The average Bonchev–Trinajstić information content (AvgIpc) is 3.78. The number of aliphatic imine (C=N–C) groups is 1. The van der Waals surface area contributed by atoms with Gasteiger partial charge in [-0.15, -0.1) is 0 Å². The molecule has 3 aromatic rings. The van der Waals surface area contributed by atoms with Crippen LogP contribution in [0.5, 0.6) is 0 Å². The topological polar surface area (TPSA) is 111 Å². The second-order valence-electron chi connectivity index (χ2n) is 13.3. The molecule has 11 nitrogen and oxygen atoms in total. The minimum absolute atomic E-state index is 0.0719. The number of carbonyl (C=O) groups excluding carboxylic acids is 2. The van der Waals surface area contributed by atoms with Gasteiger partial charge in [-0.2, -0.15) is 5.26 Å². The number of amides is 2. The Kier molecular flexibility index (Phi) is 16.2. The van der Waals surface area contributed by atoms with Gasteiger partial charge in [-0.25, -0.2) is 4.99 Å². The van der Waals surface area contributed by atoms with E-state index in [1.54, 1.807) is 0 Å². The van der Waals surface area contributed by atoms with Gasteiger partial charge in [0.05, 0.1) is 5.69 Å². The first-order valence-electron chi connectivity index (χ1n) is 20.0. The van der Waals surface area contributed by atoms with Gasteiger partial charge in [0.1, 0.15) is 0 Å². The fraction of sp³-hybridized carbons (Fsp3) is 0.488. The van der Waals surface area contributed by atoms with Crippen LogP contribution in [-0.2, 0) is 12.8 Å². The second kappa shape index (κ2) is 21.0. The molecule has 290 valence electrons. The monoisotopic (exact) mass is 735 g/mol. The minimum Gasteiger partial charge on any atom is -0.372 e. The normalized spacial score (nSPS) is 16.1. The SMILES string of the molecule is CC.CC.CCc1cc(C(=O)N2CCN(C)CC2)cc(CC)c1N=C(NC#N)N1CCN(c2ccc(NC(=O)c3cccc(N4CCCC4)c3)cc2)CC1. The number of aryl methyl sites for hydroxylation is 2. The zero-order chi connectivity index (χ0) is 39.0. The van der Waals surface area contributed by atoms with Crippen LogP contribution in [0.4, 0.5) is 22.7 Å². The highest BCUT2D eigenvalue weighted by atomic mass is 16.2. The van der Waals surface area contributed by atoms with Crippen LogP contribution in [0.1, 0.15) is 86.2 Å². The van der Waals surface area contributed by atoms with Crippen molar-refractivity contribution in [2.24, 2.45) is 4.99 Å². The van der Waals surface area contributed by atoms with Crippen LogP contribution in [0, 0.1) is 11.5 Å². The molecule has 0 spiro atoms. The summed E-state index contributed by atoms with van der Waals surface area (Å²) in [7, 11) is 2.09. The van der Waals surface area contributed by atoms with Crippen LogP contribution in [0.25, 0.3) is 0 Å². The number of likely N-dealkylation sites (N-methyl/N-ethyl adjacent to an activating group) is 1. The van der Waals surface area contributed by atoms with Crippen molar-refractivity contribution in [1.29, 1.82) is 5.26 Å². The van der Waals surface area contributed by atoms with Crippen molar-refractivity contribution in [3.05, 3.63) is 82.9 Å². The predicted molar refractivity (Wildman–Crippen MR) is 223 cm³/mol. The Bertz CT molecular complexity index is 1700. The Morgan fingerprint density at radius 2 is 1.28 bits per heavy atom. The van der Waals surface area contributed by atoms with E-state index in [0.29, 0.717) is 30.2 Å². The van der Waals surface area contributed by atoms with Crippen molar-refractivity contribution in [2.45, 2.75) is 67.2 Å². The summed E-state index contributed by atoms with van der Waals surface area (Å²) in [6.45, 7) is 20.3. The highest BCUT2D eigenvalue weighted by molar-refractivity contribution is 6.05. The molecular formula is C43H61N9O2. The molecule has 3 aliphatic rings. The molecule has 11 heteroatoms. The summed E-state index contributed by atoms with van der Waals surface area (Å²) in [5, 5.41) is 15.6. The molecule has 0 atom stereocenters. The van der Waals surface area contributed by atoms with Gasteiger partial charge in [-0.1, -0.05) is 47.6 Å². The molecule has 54 heavy (non-hydrogen) atoms. The first-order valence-corrected chi connectivity index (χ1v) is 20.0. The van der Waals surface area contributed by atoms with Crippen molar-refractivity contribution in [3.8, 4) is 6.19 Å². The lowest BCUT2D eigenvalue weighted by molar-refractivity contribution is 0.0663. The van der Waals surface area contributed by atoms with Crippen LogP contribution in [0.15, 0.2) is 65.7 Å². The Hall–Kier alpha value is -5.08. The molecule has 6 rings (SSSR count). The molecule has 3 aliphatic heterocycles. The van der Waals surface area contributed by atoms with Gasteiger partial charge >= 0.3 is 0 Å². The summed E-state index contributed by atoms with van der Waals surface area (Å²) in [5.41, 5.74) is 7.15. The van der Waals surface area contributed by atoms with Crippen molar-refractivity contribution in [1.82, 2.24) is 20.0 Å². The highest BCUT2D eigenvalue weighted by Crippen LogP contribution is 2.30. The molecule has 3 heterocycles. The largest absolute Gasteiger partial charge is 0.372 e. The fourth-order valence-electron chi connectivity index (χ4n) is 7.05. The van der Waals surface area contributed by atoms with E-state index in [-0.39, 0.29) is 11.8 Å². The fourth-order valence-corrected chi connectivity index (χ4v) is 7.05. The number of hydrogen-bond acceptors (Lipinski definition) is 7. The Morgan fingerprint density at radius 3 is 1.85 bits per heavy atom. The quantitative estimate of drug-likeness (QED) is 0.110. The molecule has 0 unspecified atom stereocenters. The molecule has 2 N–H and O–H groups in total. The molecule has 0 bridgehead atoms. The predicted octanol–water partition coefficient (Wildman–Crippen LogP) is 6.98. The third-order valence-electron chi connectivity index (χ3n) is 10.1. The van der Waals surface area contributed by atoms with Gasteiger partial charge in [-0.05, 0) is 98.5 Å². The van der Waals surface area contributed by atoms with E-state index < -0.39 is 0 Å². The van der Waals surface area contributed by atoms with Crippen LogP contribution in [0.3, 0.4) is 0 Å². The van der Waals surface area contributed by atoms with Gasteiger partial charge in [0.2, 0.25) is 5.96 Å². The average molecular weight is 736 g/mol. The van der Waals surface area contributed by atoms with E-state index in [0.717, 1.165) is 99.1 Å². The lowest BCUT2D eigenvalue weighted by Crippen LogP contribution is -2.51. The first kappa shape index (κ1) is 41.7. The van der Waals surface area contributed by atoms with Crippen molar-refractivity contribution < 1.29 is 9.59 Å². The van der Waals surface area contributed by atoms with Crippen LogP contribution in [-0.4, -0.2) is 105 Å². The van der Waals surface area contributed by atoms with Crippen LogP contribution < -0.4 is 20.4 Å². The number of rotatable bonds is 8. The number of nitrogens with zero attached hydrogens (tertiary/aromatic N) is 7. The summed E-state index contributed by atoms with van der Waals surface area (Å²) < 4.78 is 0. The maximum atomic E-state index is 13.4. The van der Waals surface area contributed by atoms with Gasteiger partial charge < -0.3 is 29.8 Å². The van der Waals surface area contributed by atoms with Gasteiger partial charge in [0, 0.05) is 93.6 Å². The first-order chi connectivity index (χ1) is 26.4. The highest BCUT2D eigenvalue weighted by Gasteiger charge is 2.24. The Balaban J connectivity index is 0.00000157. The molecule has 0 aliphatic carbocycles. The number of piperazine rings is 2. The summed E-state index contributed by atoms with van der Waals surface area (Å²) in [4.78, 5) is 42.5. The third kappa shape index (κ3) is 10.5. The number of anilines is 3. The molecule has 3 aromatic carbocycles. The maximum absolute atomic E-state index is 13.4. The lowest BCUT2D eigenvalue weighted by Gasteiger charge is -2.37. The molecule has 2 amide bonds. The number of hydrogen-bond donors (Lipinski definition) is 2. The Morgan fingerprint density at radius 1 is 0.704 bits per heavy atom. The van der Waals surface area contributed by atoms with Crippen molar-refractivity contribution in [2.75, 3.05) is 87.6 Å². The second-order valence-corrected chi connectivity index (χ2v) is 13.3. The van der Waals surface area contributed by atoms with Gasteiger partial charge in [-0.3, -0.25) is 14.9 Å². The molecule has 3 fully saturated rings. The number of nitrogens with one attached hydrogen (secondary N) is 2. The van der Waals surface area contributed by atoms with E-state index in [1.165, 1.54) is 12.8 Å². The molecule has 3 saturated heterocycles. The van der Waals surface area contributed by atoms with Gasteiger partial charge in [0.15, 0.2) is 6.19 Å². The smallest absolute Gasteiger partial charge is 0.255 e. The summed E-state index contributed by atoms with van der Waals surface area (Å²) in [6.07, 6.45) is 5.93. The summed E-state index contributed by atoms with van der Waals surface area (Å²) >= 11 is 0. The standard InChI is InChI=1S/C39H49N9O2.2C2H6/c1-4-29-25-32(38(50)47-19-17-44(3)18-20-47)26-30(5-2)36(29)43-39(41-28-40)48-23-21-46(22-24-48)34-13-11-33(12-14-34)42-37(49)31-9-8-10-35(27-31)45-15-6-7-16-45;2*1-2/h8-14,25-27H,4-7,15-24H2,1-3H3,(H,41,43)(H,42,49);2*1-2H3. The Labute approximate surface area is 323 Å². The van der Waals surface area contributed by atoms with Crippen molar-refractivity contribution in [3.63, 3.8) is 0 Å². The number of benzene rings is 3. The zero-order valence-electron chi connectivity index (χ0n) is 33.6. The van der Waals surface area contributed by atoms with E-state index in [9.17, 15) is 14.9 Å². The van der Waals surface area contributed by atoms with E-state index >= 15 is 0 Å². The van der Waals surface area contributed by atoms with E-state index in [1.807, 2.05) is 87.2 Å². The van der Waals surface area contributed by atoms with E-state index in [4.69, 9.17) is 4.99 Å². The molecule has 0 radical (unpaired) electrons. The summed E-state index contributed by atoms with van der Waals surface area (Å²) in [6, 6.07) is 19.8. The minimum atomic E-state index is -0.113. The number of nitriles is 1. The molecule has 0 saturated carbocycles. The summed E-state index contributed by atoms with van der Waals surface area (Å²) in [5.74, 6) is 0.488. The van der Waals surface area contributed by atoms with E-state index in [2.05, 4.69) is 63.4 Å².